The summed E-state index contributed by atoms with van der Waals surface area (Å²) in [6.07, 6.45) is 5.71. The molecule has 6 aromatic rings. The van der Waals surface area contributed by atoms with Crippen LogP contribution in [0, 0.1) is 0 Å². The van der Waals surface area contributed by atoms with Gasteiger partial charge in [-0.15, -0.1) is 0 Å². The topological polar surface area (TPSA) is 118 Å². The van der Waals surface area contributed by atoms with E-state index in [1.54, 1.807) is 0 Å². The average Bonchev–Trinajstić information content (AvgIpc) is 3.34. The molecule has 0 amide bonds. The number of hydrogen-bond acceptors (Lipinski definition) is 4. The van der Waals surface area contributed by atoms with Gasteiger partial charge in [-0.05, 0) is 157 Å². The second-order valence-corrected chi connectivity index (χ2v) is 27.4. The lowest BCUT2D eigenvalue weighted by atomic mass is 9.78. The van der Waals surface area contributed by atoms with Gasteiger partial charge < -0.3 is 0 Å². The maximum absolute atomic E-state index is 12.6. The van der Waals surface area contributed by atoms with E-state index >= 15 is 0 Å². The van der Waals surface area contributed by atoms with Crippen LogP contribution in [0.1, 0.15) is 166 Å². The molecule has 0 saturated heterocycles. The lowest BCUT2D eigenvalue weighted by Gasteiger charge is -2.33. The number of carbonyl (C=O) groups excluding carboxylic acids is 1. The number of Topliss-reactive ketones (excluding diaryl/α,β-unsaturated/α-hetero) is 1. The molecule has 0 aliphatic heterocycles. The third kappa shape index (κ3) is 15.4. The van der Waals surface area contributed by atoms with E-state index in [9.17, 15) is 17.4 Å². The van der Waals surface area contributed by atoms with E-state index < -0.39 is 33.0 Å². The number of fused-ring (bicyclic) bond motifs is 3. The van der Waals surface area contributed by atoms with Gasteiger partial charge in [0.15, 0.2) is 5.78 Å². The maximum Gasteiger partial charge on any atom is 0.163 e. The summed E-state index contributed by atoms with van der Waals surface area (Å²) in [6, 6.07) is 57.1. The van der Waals surface area contributed by atoms with Crippen LogP contribution in [0.25, 0.3) is 0 Å². The van der Waals surface area contributed by atoms with E-state index in [1.165, 1.54) is 44.5 Å². The van der Waals surface area contributed by atoms with Crippen LogP contribution >= 0.6 is 0 Å². The van der Waals surface area contributed by atoms with Crippen molar-refractivity contribution in [2.75, 3.05) is 0 Å². The smallest absolute Gasteiger partial charge is 0.163 e. The van der Waals surface area contributed by atoms with Crippen LogP contribution < -0.4 is 14.6 Å². The van der Waals surface area contributed by atoms with E-state index in [4.69, 9.17) is 5.14 Å². The fourth-order valence-corrected chi connectivity index (χ4v) is 10.7. The van der Waals surface area contributed by atoms with Gasteiger partial charge in [0, 0.05) is 24.1 Å². The molecule has 0 bridgehead atoms. The minimum atomic E-state index is -1.18. The largest absolute Gasteiger partial charge is 0.294 e. The lowest BCUT2D eigenvalue weighted by molar-refractivity contribution is 0.0964. The number of nitrogens with two attached hydrogens (primary N) is 1. The Balaban J connectivity index is 0.000000163. The number of nitrogens with one attached hydrogen (secondary N) is 2. The van der Waals surface area contributed by atoms with Gasteiger partial charge in [-0.3, -0.25) is 9.93 Å². The molecule has 10 heteroatoms. The van der Waals surface area contributed by atoms with Gasteiger partial charge in [-0.1, -0.05) is 164 Å². The Kier molecular flexibility index (Phi) is 19.2. The molecule has 0 fully saturated rings. The first-order chi connectivity index (χ1) is 33.2. The Morgan fingerprint density at radius 1 is 0.414 bits per heavy atom. The molecule has 1 unspecified atom stereocenters. The maximum atomic E-state index is 12.6. The Hall–Kier alpha value is -4.68. The van der Waals surface area contributed by atoms with Crippen molar-refractivity contribution in [1.29, 1.82) is 0 Å². The number of ketones is 1. The van der Waals surface area contributed by atoms with Gasteiger partial charge in [0.2, 0.25) is 0 Å². The minimum absolute atomic E-state index is 0.144. The lowest BCUT2D eigenvalue weighted by Crippen LogP contribution is -2.38. The summed E-state index contributed by atoms with van der Waals surface area (Å²) in [5, 5.41) is 5.04. The van der Waals surface area contributed by atoms with Crippen LogP contribution in [0.3, 0.4) is 0 Å². The SMILES string of the molecule is CC(C)(C)[S@@](=O)N[C@H]1C[C@@H](c2ccccc2)Cc2ccccc21.CC(C)(C)[S@@](=O)N[C@H]1C[C@H](c2ccccc2)Cc2ccccc21.CC(C)(C)[S@](N)=O.O=C1CC(c2ccccc2)Cc2ccccc21. The number of rotatable bonds is 7. The molecule has 0 spiro atoms. The quantitative estimate of drug-likeness (QED) is 0.148. The zero-order valence-corrected chi connectivity index (χ0v) is 45.1. The normalized spacial score (nSPS) is 20.9. The molecule has 3 aliphatic carbocycles. The third-order valence-electron chi connectivity index (χ3n) is 13.1. The number of carbonyl (C=O) groups is 1. The van der Waals surface area contributed by atoms with E-state index in [-0.39, 0.29) is 32.1 Å². The standard InChI is InChI=1S/2C20H25NOS.C16H14O.C4H11NOS/c2*1-20(2,3)23(22)21-19-14-17(15-9-5-4-6-10-15)13-16-11-7-8-12-18(16)19;17-16-11-14(12-6-2-1-3-7-12)10-13-8-4-5-9-15(13)16;1-4(2,3)7(5)6/h2*4-12,17,19,21H,13-14H2,1-3H3;1-9,14H,10-11H2;5H2,1-3H3/t17-,19+,23-;17-,19-,23+;;7-/m10.1/s1. The zero-order chi connectivity index (χ0) is 50.6. The summed E-state index contributed by atoms with van der Waals surface area (Å²) in [5.41, 5.74) is 11.5. The highest BCUT2D eigenvalue weighted by molar-refractivity contribution is 7.84. The van der Waals surface area contributed by atoms with Crippen molar-refractivity contribution < 1.29 is 17.4 Å². The molecule has 6 aromatic carbocycles. The van der Waals surface area contributed by atoms with Crippen molar-refractivity contribution >= 4 is 38.7 Å². The van der Waals surface area contributed by atoms with Crippen LogP contribution in [0.4, 0.5) is 0 Å². The van der Waals surface area contributed by atoms with E-state index in [1.807, 2.05) is 98.7 Å². The Labute approximate surface area is 427 Å². The Bertz CT molecular complexity index is 2570. The van der Waals surface area contributed by atoms with Gasteiger partial charge in [0.1, 0.15) is 0 Å². The molecular weight excluding hydrogens is 923 g/mol. The number of hydrogen-bond donors (Lipinski definition) is 3. The van der Waals surface area contributed by atoms with Crippen LogP contribution in [0.5, 0.6) is 0 Å². The molecule has 0 heterocycles. The van der Waals surface area contributed by atoms with Crippen molar-refractivity contribution in [2.24, 2.45) is 5.14 Å². The molecule has 0 aromatic heterocycles. The monoisotopic (exact) mass is 997 g/mol. The van der Waals surface area contributed by atoms with Crippen molar-refractivity contribution in [1.82, 2.24) is 9.44 Å². The highest BCUT2D eigenvalue weighted by atomic mass is 32.2. The van der Waals surface area contributed by atoms with Gasteiger partial charge in [0.05, 0.1) is 47.2 Å². The van der Waals surface area contributed by atoms with Gasteiger partial charge >= 0.3 is 0 Å². The second-order valence-electron chi connectivity index (χ2n) is 21.6. The highest BCUT2D eigenvalue weighted by Gasteiger charge is 2.33. The highest BCUT2D eigenvalue weighted by Crippen LogP contribution is 2.41. The Morgan fingerprint density at radius 2 is 0.729 bits per heavy atom. The summed E-state index contributed by atoms with van der Waals surface area (Å²) in [4.78, 5) is 12.1. The van der Waals surface area contributed by atoms with E-state index in [0.29, 0.717) is 24.2 Å². The van der Waals surface area contributed by atoms with E-state index in [0.717, 1.165) is 37.7 Å². The number of benzene rings is 6. The molecule has 4 N–H and O–H groups in total. The summed E-state index contributed by atoms with van der Waals surface area (Å²) < 4.78 is 41.5. The predicted octanol–water partition coefficient (Wildman–Crippen LogP) is 13.0. The third-order valence-corrected chi connectivity index (χ3v) is 17.5. The molecule has 9 rings (SSSR count). The zero-order valence-electron chi connectivity index (χ0n) is 42.7. The van der Waals surface area contributed by atoms with Crippen LogP contribution in [0.15, 0.2) is 164 Å². The summed E-state index contributed by atoms with van der Waals surface area (Å²) in [7, 11) is -3.31. The Morgan fingerprint density at radius 3 is 1.10 bits per heavy atom. The molecule has 7 nitrogen and oxygen atoms in total. The molecule has 8 atom stereocenters. The predicted molar refractivity (Wildman–Crippen MR) is 296 cm³/mol. The first-order valence-corrected chi connectivity index (χ1v) is 28.1. The molecule has 372 valence electrons. The fourth-order valence-electron chi connectivity index (χ4n) is 9.04. The van der Waals surface area contributed by atoms with Crippen LogP contribution in [-0.4, -0.2) is 32.7 Å². The van der Waals surface area contributed by atoms with Crippen LogP contribution in [0.2, 0.25) is 0 Å². The molecule has 70 heavy (non-hydrogen) atoms. The van der Waals surface area contributed by atoms with Crippen LogP contribution in [-0.2, 0) is 52.2 Å². The average molecular weight is 998 g/mol. The molecule has 0 saturated carbocycles. The van der Waals surface area contributed by atoms with Crippen molar-refractivity contribution in [3.05, 3.63) is 214 Å². The summed E-state index contributed by atoms with van der Waals surface area (Å²) in [5.74, 6) is 1.57. The fraction of sp³-hybridized carbons (Fsp3) is 0.383. The summed E-state index contributed by atoms with van der Waals surface area (Å²) >= 11 is 0. The van der Waals surface area contributed by atoms with Crippen molar-refractivity contribution in [3.8, 4) is 0 Å². The minimum Gasteiger partial charge on any atom is -0.294 e. The second kappa shape index (κ2) is 24.6. The summed E-state index contributed by atoms with van der Waals surface area (Å²) in [6.45, 7) is 17.6. The first-order valence-electron chi connectivity index (χ1n) is 24.6. The van der Waals surface area contributed by atoms with Gasteiger partial charge in [-0.25, -0.2) is 22.1 Å². The van der Waals surface area contributed by atoms with Crippen molar-refractivity contribution in [3.63, 3.8) is 0 Å². The van der Waals surface area contributed by atoms with Crippen molar-refractivity contribution in [2.45, 2.75) is 145 Å². The first kappa shape index (κ1) is 54.6. The molecular formula is C60H75N3O4S3. The van der Waals surface area contributed by atoms with Gasteiger partial charge in [0.25, 0.3) is 0 Å². The van der Waals surface area contributed by atoms with E-state index in [2.05, 4.69) is 137 Å². The molecule has 3 aliphatic rings. The van der Waals surface area contributed by atoms with Gasteiger partial charge in [-0.2, -0.15) is 0 Å². The molecule has 0 radical (unpaired) electrons.